The van der Waals surface area contributed by atoms with Crippen molar-refractivity contribution in [1.82, 2.24) is 0 Å². The molecule has 0 fully saturated rings. The summed E-state index contributed by atoms with van der Waals surface area (Å²) in [6.45, 7) is 5.99. The van der Waals surface area contributed by atoms with Crippen LogP contribution in [-0.4, -0.2) is 19.2 Å². The smallest absolute Gasteiger partial charge is 0.330 e. The van der Waals surface area contributed by atoms with E-state index in [0.717, 1.165) is 18.2 Å². The molecule has 0 spiro atoms. The number of rotatable bonds is 6. The predicted octanol–water partition coefficient (Wildman–Crippen LogP) is 2.36. The molecular weight excluding hydrogens is 204 g/mol. The van der Waals surface area contributed by atoms with Crippen LogP contribution in [-0.2, 0) is 16.0 Å². The second kappa shape index (κ2) is 6.67. The molecule has 0 unspecified atom stereocenters. The molecule has 0 aliphatic rings. The first-order valence-electron chi connectivity index (χ1n) is 5.27. The van der Waals surface area contributed by atoms with Gasteiger partial charge in [-0.1, -0.05) is 25.6 Å². The van der Waals surface area contributed by atoms with Gasteiger partial charge in [0.05, 0.1) is 0 Å². The Balaban J connectivity index is 2.26. The first-order chi connectivity index (χ1) is 7.76. The SMILES string of the molecule is C=CC(=O)OCCOc1ccc(CC)cc1. The normalized spacial score (nSPS) is 9.56. The van der Waals surface area contributed by atoms with Crippen molar-refractivity contribution >= 4 is 5.97 Å². The number of carbonyl (C=O) groups excluding carboxylic acids is 1. The molecule has 0 bridgehead atoms. The Morgan fingerprint density at radius 3 is 2.56 bits per heavy atom. The second-order valence-corrected chi connectivity index (χ2v) is 3.22. The van der Waals surface area contributed by atoms with Gasteiger partial charge in [-0.2, -0.15) is 0 Å². The van der Waals surface area contributed by atoms with Gasteiger partial charge in [0.2, 0.25) is 0 Å². The van der Waals surface area contributed by atoms with Gasteiger partial charge in [0.15, 0.2) is 0 Å². The number of esters is 1. The Hall–Kier alpha value is -1.77. The standard InChI is InChI=1S/C13H16O3/c1-3-11-5-7-12(8-6-11)15-9-10-16-13(14)4-2/h4-8H,2-3,9-10H2,1H3. The molecule has 0 aliphatic carbocycles. The highest BCUT2D eigenvalue weighted by atomic mass is 16.6. The highest BCUT2D eigenvalue weighted by molar-refractivity contribution is 5.81. The fourth-order valence-electron chi connectivity index (χ4n) is 1.18. The summed E-state index contributed by atoms with van der Waals surface area (Å²) in [5, 5.41) is 0. The third-order valence-electron chi connectivity index (χ3n) is 2.09. The summed E-state index contributed by atoms with van der Waals surface area (Å²) in [7, 11) is 0. The van der Waals surface area contributed by atoms with Crippen LogP contribution in [0.25, 0.3) is 0 Å². The minimum atomic E-state index is -0.426. The predicted molar refractivity (Wildman–Crippen MR) is 62.5 cm³/mol. The molecule has 0 aliphatic heterocycles. The van der Waals surface area contributed by atoms with E-state index in [-0.39, 0.29) is 6.61 Å². The van der Waals surface area contributed by atoms with Crippen molar-refractivity contribution in [2.75, 3.05) is 13.2 Å². The average molecular weight is 220 g/mol. The van der Waals surface area contributed by atoms with Crippen LogP contribution in [0.2, 0.25) is 0 Å². The highest BCUT2D eigenvalue weighted by Gasteiger charge is 1.97. The summed E-state index contributed by atoms with van der Waals surface area (Å²) < 4.78 is 10.2. The zero-order chi connectivity index (χ0) is 11.8. The van der Waals surface area contributed by atoms with Crippen LogP contribution < -0.4 is 4.74 Å². The molecule has 1 aromatic rings. The van der Waals surface area contributed by atoms with Gasteiger partial charge < -0.3 is 9.47 Å². The van der Waals surface area contributed by atoms with Crippen LogP contribution in [0.15, 0.2) is 36.9 Å². The van der Waals surface area contributed by atoms with Crippen molar-refractivity contribution in [3.63, 3.8) is 0 Å². The van der Waals surface area contributed by atoms with Crippen LogP contribution >= 0.6 is 0 Å². The lowest BCUT2D eigenvalue weighted by molar-refractivity contribution is -0.138. The molecule has 0 heterocycles. The first kappa shape index (κ1) is 12.3. The summed E-state index contributed by atoms with van der Waals surface area (Å²) in [5.74, 6) is 0.358. The van der Waals surface area contributed by atoms with Crippen molar-refractivity contribution in [1.29, 1.82) is 0 Å². The lowest BCUT2D eigenvalue weighted by Gasteiger charge is -2.06. The van der Waals surface area contributed by atoms with E-state index in [0.29, 0.717) is 6.61 Å². The van der Waals surface area contributed by atoms with E-state index in [1.807, 2.05) is 24.3 Å². The monoisotopic (exact) mass is 220 g/mol. The van der Waals surface area contributed by atoms with E-state index in [4.69, 9.17) is 9.47 Å². The topological polar surface area (TPSA) is 35.5 Å². The summed E-state index contributed by atoms with van der Waals surface area (Å²) in [5.41, 5.74) is 1.27. The van der Waals surface area contributed by atoms with Crippen molar-refractivity contribution in [2.45, 2.75) is 13.3 Å². The minimum Gasteiger partial charge on any atom is -0.490 e. The quantitative estimate of drug-likeness (QED) is 0.419. The van der Waals surface area contributed by atoms with Crippen LogP contribution in [0.1, 0.15) is 12.5 Å². The van der Waals surface area contributed by atoms with Crippen molar-refractivity contribution in [3.8, 4) is 5.75 Å². The van der Waals surface area contributed by atoms with Crippen LogP contribution in [0.5, 0.6) is 5.75 Å². The fourth-order valence-corrected chi connectivity index (χ4v) is 1.18. The average Bonchev–Trinajstić information content (AvgIpc) is 2.35. The zero-order valence-corrected chi connectivity index (χ0v) is 9.44. The molecule has 1 rings (SSSR count). The van der Waals surface area contributed by atoms with Gasteiger partial charge in [0, 0.05) is 6.08 Å². The second-order valence-electron chi connectivity index (χ2n) is 3.22. The molecule has 0 aromatic heterocycles. The van der Waals surface area contributed by atoms with Gasteiger partial charge >= 0.3 is 5.97 Å². The third-order valence-corrected chi connectivity index (χ3v) is 2.09. The Morgan fingerprint density at radius 2 is 2.00 bits per heavy atom. The molecule has 0 saturated heterocycles. The van der Waals surface area contributed by atoms with Gasteiger partial charge in [0.1, 0.15) is 19.0 Å². The molecule has 16 heavy (non-hydrogen) atoms. The van der Waals surface area contributed by atoms with Crippen LogP contribution in [0, 0.1) is 0 Å². The molecule has 1 aromatic carbocycles. The van der Waals surface area contributed by atoms with E-state index in [1.165, 1.54) is 5.56 Å². The van der Waals surface area contributed by atoms with Gasteiger partial charge in [-0.3, -0.25) is 0 Å². The molecule has 3 nitrogen and oxygen atoms in total. The summed E-state index contributed by atoms with van der Waals surface area (Å²) in [6, 6.07) is 7.86. The van der Waals surface area contributed by atoms with Gasteiger partial charge in [-0.25, -0.2) is 4.79 Å². The van der Waals surface area contributed by atoms with E-state index < -0.39 is 5.97 Å². The van der Waals surface area contributed by atoms with Gasteiger partial charge in [0.25, 0.3) is 0 Å². The van der Waals surface area contributed by atoms with Crippen molar-refractivity contribution in [3.05, 3.63) is 42.5 Å². The largest absolute Gasteiger partial charge is 0.490 e. The molecule has 0 atom stereocenters. The van der Waals surface area contributed by atoms with E-state index >= 15 is 0 Å². The number of hydrogen-bond acceptors (Lipinski definition) is 3. The Kier molecular flexibility index (Phi) is 5.12. The zero-order valence-electron chi connectivity index (χ0n) is 9.44. The highest BCUT2D eigenvalue weighted by Crippen LogP contribution is 2.12. The molecular formula is C13H16O3. The van der Waals surface area contributed by atoms with Gasteiger partial charge in [-0.05, 0) is 24.1 Å². The lowest BCUT2D eigenvalue weighted by atomic mass is 10.2. The maximum Gasteiger partial charge on any atom is 0.330 e. The number of carbonyl (C=O) groups is 1. The summed E-state index contributed by atoms with van der Waals surface area (Å²) in [4.78, 5) is 10.7. The van der Waals surface area contributed by atoms with Crippen LogP contribution in [0.4, 0.5) is 0 Å². The van der Waals surface area contributed by atoms with E-state index in [1.54, 1.807) is 0 Å². The molecule has 0 saturated carbocycles. The van der Waals surface area contributed by atoms with E-state index in [9.17, 15) is 4.79 Å². The molecule has 3 heteroatoms. The molecule has 0 radical (unpaired) electrons. The van der Waals surface area contributed by atoms with E-state index in [2.05, 4.69) is 13.5 Å². The minimum absolute atomic E-state index is 0.236. The van der Waals surface area contributed by atoms with Crippen molar-refractivity contribution < 1.29 is 14.3 Å². The molecule has 86 valence electrons. The maximum absolute atomic E-state index is 10.7. The van der Waals surface area contributed by atoms with Crippen molar-refractivity contribution in [2.24, 2.45) is 0 Å². The number of hydrogen-bond donors (Lipinski definition) is 0. The first-order valence-corrected chi connectivity index (χ1v) is 5.27. The summed E-state index contributed by atoms with van der Waals surface area (Å²) >= 11 is 0. The number of ether oxygens (including phenoxy) is 2. The summed E-state index contributed by atoms with van der Waals surface area (Å²) in [6.07, 6.45) is 2.15. The fraction of sp³-hybridized carbons (Fsp3) is 0.308. The number of aryl methyl sites for hydroxylation is 1. The van der Waals surface area contributed by atoms with Gasteiger partial charge in [-0.15, -0.1) is 0 Å². The molecule has 0 N–H and O–H groups in total. The molecule has 0 amide bonds. The maximum atomic E-state index is 10.7. The number of benzene rings is 1. The Bertz CT molecular complexity index is 341. The lowest BCUT2D eigenvalue weighted by Crippen LogP contribution is -2.10. The van der Waals surface area contributed by atoms with Crippen LogP contribution in [0.3, 0.4) is 0 Å². The third kappa shape index (κ3) is 4.17. The Labute approximate surface area is 95.7 Å². The Morgan fingerprint density at radius 1 is 1.31 bits per heavy atom.